The van der Waals surface area contributed by atoms with Crippen molar-refractivity contribution in [1.29, 1.82) is 0 Å². The molecule has 116 valence electrons. The fourth-order valence-electron chi connectivity index (χ4n) is 1.41. The summed E-state index contributed by atoms with van der Waals surface area (Å²) >= 11 is 0. The van der Waals surface area contributed by atoms with E-state index in [1.165, 1.54) is 18.2 Å². The molecule has 1 aromatic rings. The Balaban J connectivity index is 2.91. The van der Waals surface area contributed by atoms with Gasteiger partial charge in [0, 0.05) is 17.7 Å². The van der Waals surface area contributed by atoms with E-state index in [-0.39, 0.29) is 18.9 Å². The van der Waals surface area contributed by atoms with Gasteiger partial charge in [0.05, 0.1) is 23.8 Å². The highest BCUT2D eigenvalue weighted by atomic mass is 31.2. The van der Waals surface area contributed by atoms with Crippen LogP contribution in [0.4, 0.5) is 5.69 Å². The van der Waals surface area contributed by atoms with Crippen LogP contribution in [-0.4, -0.2) is 23.8 Å². The van der Waals surface area contributed by atoms with Crippen molar-refractivity contribution < 1.29 is 23.2 Å². The third kappa shape index (κ3) is 5.26. The molecular weight excluding hydrogens is 299 g/mol. The lowest BCUT2D eigenvalue weighted by Crippen LogP contribution is -2.01. The highest BCUT2D eigenvalue weighted by Gasteiger charge is 2.27. The Kier molecular flexibility index (Phi) is 6.48. The normalized spacial score (nSPS) is 12.2. The highest BCUT2D eigenvalue weighted by Crippen LogP contribution is 2.49. The van der Waals surface area contributed by atoms with Crippen molar-refractivity contribution in [3.05, 3.63) is 39.9 Å². The van der Waals surface area contributed by atoms with Gasteiger partial charge >= 0.3 is 7.82 Å². The van der Waals surface area contributed by atoms with E-state index in [9.17, 15) is 14.7 Å². The molecule has 0 aromatic heterocycles. The maximum absolute atomic E-state index is 12.0. The number of phosphoric acid groups is 1. The average Bonchev–Trinajstić information content (AvgIpc) is 2.45. The van der Waals surface area contributed by atoms with E-state index in [4.69, 9.17) is 13.7 Å². The molecule has 0 N–H and O–H groups in total. The van der Waals surface area contributed by atoms with Gasteiger partial charge in [-0.15, -0.1) is 0 Å². The zero-order valence-corrected chi connectivity index (χ0v) is 12.9. The number of rotatable bonds is 8. The summed E-state index contributed by atoms with van der Waals surface area (Å²) in [6, 6.07) is 5.86. The van der Waals surface area contributed by atoms with E-state index in [1.807, 2.05) is 0 Å². The maximum atomic E-state index is 12.0. The lowest BCUT2D eigenvalue weighted by atomic mass is 10.1. The Labute approximate surface area is 122 Å². The maximum Gasteiger partial charge on any atom is 0.550 e. The molecule has 0 bridgehead atoms. The van der Waals surface area contributed by atoms with E-state index < -0.39 is 12.7 Å². The molecule has 0 atom stereocenters. The quantitative estimate of drug-likeness (QED) is 0.315. The number of non-ortho nitro benzene ring substituents is 1. The second-order valence-corrected chi connectivity index (χ2v) is 5.42. The summed E-state index contributed by atoms with van der Waals surface area (Å²) < 4.78 is 26.7. The van der Waals surface area contributed by atoms with Crippen LogP contribution >= 0.6 is 7.82 Å². The molecule has 0 spiro atoms. The minimum atomic E-state index is -3.75. The molecule has 21 heavy (non-hydrogen) atoms. The number of nitrogens with zero attached hydrogens (tertiary/aromatic N) is 2. The predicted molar refractivity (Wildman–Crippen MR) is 77.3 cm³/mol. The molecule has 8 nitrogen and oxygen atoms in total. The van der Waals surface area contributed by atoms with E-state index in [2.05, 4.69) is 5.16 Å². The highest BCUT2D eigenvalue weighted by molar-refractivity contribution is 7.48. The van der Waals surface area contributed by atoms with Gasteiger partial charge in [0.25, 0.3) is 5.69 Å². The largest absolute Gasteiger partial charge is 0.550 e. The molecule has 0 radical (unpaired) electrons. The minimum Gasteiger partial charge on any atom is -0.292 e. The monoisotopic (exact) mass is 316 g/mol. The second kappa shape index (κ2) is 7.87. The van der Waals surface area contributed by atoms with Crippen LogP contribution in [-0.2, 0) is 18.2 Å². The molecule has 1 aromatic carbocycles. The van der Waals surface area contributed by atoms with Gasteiger partial charge in [-0.2, -0.15) is 0 Å². The Morgan fingerprint density at radius 1 is 1.33 bits per heavy atom. The lowest BCUT2D eigenvalue weighted by Gasteiger charge is -2.13. The summed E-state index contributed by atoms with van der Waals surface area (Å²) in [4.78, 5) is 10.2. The van der Waals surface area contributed by atoms with Crippen LogP contribution in [0.5, 0.6) is 0 Å². The molecule has 0 fully saturated rings. The summed E-state index contributed by atoms with van der Waals surface area (Å²) in [6.45, 7) is 5.14. The SMILES string of the molecule is CCOP(=O)(OCC)ON=C(C)c1cccc([N+](=O)[O-])c1. The third-order valence-corrected chi connectivity index (χ3v) is 3.76. The fraction of sp³-hybridized carbons (Fsp3) is 0.417. The molecule has 0 saturated carbocycles. The first-order chi connectivity index (χ1) is 9.91. The summed E-state index contributed by atoms with van der Waals surface area (Å²) in [5.41, 5.74) is 0.724. The molecule has 0 heterocycles. The van der Waals surface area contributed by atoms with E-state index in [0.717, 1.165) is 0 Å². The van der Waals surface area contributed by atoms with Gasteiger partial charge in [0.1, 0.15) is 0 Å². The van der Waals surface area contributed by atoms with Crippen molar-refractivity contribution in [2.75, 3.05) is 13.2 Å². The number of nitro benzene ring substituents is 1. The van der Waals surface area contributed by atoms with Gasteiger partial charge in [0.2, 0.25) is 0 Å². The van der Waals surface area contributed by atoms with Gasteiger partial charge in [-0.25, -0.2) is 4.57 Å². The summed E-state index contributed by atoms with van der Waals surface area (Å²) in [6.07, 6.45) is 0. The zero-order valence-electron chi connectivity index (χ0n) is 12.0. The number of nitro groups is 1. The molecule has 0 unspecified atom stereocenters. The molecule has 0 aliphatic rings. The smallest absolute Gasteiger partial charge is 0.292 e. The van der Waals surface area contributed by atoms with Crippen molar-refractivity contribution in [2.24, 2.45) is 5.16 Å². The summed E-state index contributed by atoms with van der Waals surface area (Å²) in [7, 11) is -3.75. The van der Waals surface area contributed by atoms with Gasteiger partial charge in [0.15, 0.2) is 0 Å². The number of benzene rings is 1. The van der Waals surface area contributed by atoms with Crippen LogP contribution in [0.15, 0.2) is 29.4 Å². The van der Waals surface area contributed by atoms with Crippen molar-refractivity contribution in [1.82, 2.24) is 0 Å². The van der Waals surface area contributed by atoms with Crippen molar-refractivity contribution in [3.8, 4) is 0 Å². The van der Waals surface area contributed by atoms with E-state index in [1.54, 1.807) is 26.8 Å². The van der Waals surface area contributed by atoms with E-state index >= 15 is 0 Å². The predicted octanol–water partition coefficient (Wildman–Crippen LogP) is 3.52. The van der Waals surface area contributed by atoms with Crippen molar-refractivity contribution in [3.63, 3.8) is 0 Å². The van der Waals surface area contributed by atoms with Gasteiger partial charge in [-0.05, 0) is 20.8 Å². The van der Waals surface area contributed by atoms with Crippen LogP contribution in [0.1, 0.15) is 26.3 Å². The molecule has 0 amide bonds. The molecule has 0 aliphatic carbocycles. The van der Waals surface area contributed by atoms with Crippen LogP contribution in [0, 0.1) is 10.1 Å². The summed E-state index contributed by atoms with van der Waals surface area (Å²) in [5.74, 6) is 0. The Hall–Kier alpha value is -1.76. The topological polar surface area (TPSA) is 100 Å². The van der Waals surface area contributed by atoms with Gasteiger partial charge < -0.3 is 0 Å². The second-order valence-electron chi connectivity index (χ2n) is 3.85. The third-order valence-electron chi connectivity index (χ3n) is 2.33. The number of hydrogen-bond acceptors (Lipinski definition) is 7. The fourth-order valence-corrected chi connectivity index (χ4v) is 2.43. The van der Waals surface area contributed by atoms with Crippen molar-refractivity contribution >= 4 is 19.2 Å². The molecule has 1 rings (SSSR count). The average molecular weight is 316 g/mol. The molecule has 0 saturated heterocycles. The zero-order chi connectivity index (χ0) is 15.9. The first-order valence-electron chi connectivity index (χ1n) is 6.29. The number of hydrogen-bond donors (Lipinski definition) is 0. The minimum absolute atomic E-state index is 0.0696. The number of phosphoric ester groups is 1. The van der Waals surface area contributed by atoms with Crippen LogP contribution in [0.2, 0.25) is 0 Å². The first-order valence-corrected chi connectivity index (χ1v) is 7.75. The Morgan fingerprint density at radius 2 is 1.95 bits per heavy atom. The van der Waals surface area contributed by atoms with Gasteiger partial charge in [-0.1, -0.05) is 17.3 Å². The van der Waals surface area contributed by atoms with Crippen molar-refractivity contribution in [2.45, 2.75) is 20.8 Å². The van der Waals surface area contributed by atoms with E-state index in [0.29, 0.717) is 11.3 Å². The molecule has 9 heteroatoms. The lowest BCUT2D eigenvalue weighted by molar-refractivity contribution is -0.384. The number of oxime groups is 1. The Bertz CT molecular complexity index is 565. The van der Waals surface area contributed by atoms with Gasteiger partial charge in [-0.3, -0.25) is 23.8 Å². The summed E-state index contributed by atoms with van der Waals surface area (Å²) in [5, 5.41) is 14.4. The Morgan fingerprint density at radius 3 is 2.48 bits per heavy atom. The van der Waals surface area contributed by atoms with Crippen LogP contribution in [0.3, 0.4) is 0 Å². The first kappa shape index (κ1) is 17.3. The van der Waals surface area contributed by atoms with Crippen LogP contribution in [0.25, 0.3) is 0 Å². The molecule has 0 aliphatic heterocycles. The van der Waals surface area contributed by atoms with Crippen LogP contribution < -0.4 is 0 Å². The standard InChI is InChI=1S/C12H17N2O6P/c1-4-18-21(17,19-5-2)20-13-10(3)11-7-6-8-12(9-11)14(15)16/h6-9H,4-5H2,1-3H3. The molecular formula is C12H17N2O6P.